The smallest absolute Gasteiger partial charge is 0.726 e. The van der Waals surface area contributed by atoms with Crippen molar-refractivity contribution in [3.05, 3.63) is 12.2 Å². The van der Waals surface area contributed by atoms with Crippen molar-refractivity contribution < 1.29 is 68.5 Å². The van der Waals surface area contributed by atoms with E-state index in [0.29, 0.717) is 0 Å². The van der Waals surface area contributed by atoms with Crippen LogP contribution in [0.3, 0.4) is 0 Å². The quantitative estimate of drug-likeness (QED) is 0.0232. The van der Waals surface area contributed by atoms with Gasteiger partial charge in [-0.1, -0.05) is 199 Å². The van der Waals surface area contributed by atoms with Crippen molar-refractivity contribution in [2.45, 2.75) is 206 Å². The topological polar surface area (TPSA) is 66.4 Å². The van der Waals surface area contributed by atoms with Crippen LogP contribution in [0.2, 0.25) is 0 Å². The van der Waals surface area contributed by atoms with Crippen LogP contribution in [0.15, 0.2) is 12.2 Å². The number of hydrogen-bond acceptors (Lipinski definition) is 4. The molecule has 0 spiro atoms. The normalized spacial score (nSPS) is 12.6. The summed E-state index contributed by atoms with van der Waals surface area (Å²) in [5.41, 5.74) is 0. The molecule has 246 valence electrons. The van der Waals surface area contributed by atoms with Crippen LogP contribution in [0.1, 0.15) is 206 Å². The van der Waals surface area contributed by atoms with E-state index in [0.717, 1.165) is 19.3 Å². The van der Waals surface area contributed by atoms with Gasteiger partial charge in [-0.2, -0.15) is 0 Å². The van der Waals surface area contributed by atoms with Gasteiger partial charge in [0.05, 0.1) is 6.61 Å². The SMILES string of the molecule is CCCCCCCCCCCCCCCCCCCC/C=C/C(CCCCCCCCCCCC)COS(=O)(=O)[O-].[K+]. The Kier molecular flexibility index (Phi) is 39.7. The Morgan fingerprint density at radius 1 is 0.524 bits per heavy atom. The average molecular weight is 639 g/mol. The molecule has 0 bridgehead atoms. The molecule has 42 heavy (non-hydrogen) atoms. The minimum Gasteiger partial charge on any atom is -0.726 e. The molecule has 0 N–H and O–H groups in total. The predicted molar refractivity (Wildman–Crippen MR) is 178 cm³/mol. The molecule has 0 aliphatic heterocycles. The largest absolute Gasteiger partial charge is 1.00 e. The standard InChI is InChI=1S/C36H72O4S.K/c1-3-5-7-9-11-13-15-16-17-18-19-20-21-22-23-24-26-28-30-32-34-36(35-40-41(37,38)39)33-31-29-27-25-14-12-10-8-6-4-2;/h32,34,36H,3-31,33,35H2,1-2H3,(H,37,38,39);/q;+1/p-1/b34-32+;. The number of unbranched alkanes of at least 4 members (excludes halogenated alkanes) is 27. The van der Waals surface area contributed by atoms with E-state index >= 15 is 0 Å². The van der Waals surface area contributed by atoms with Gasteiger partial charge in [-0.05, 0) is 19.3 Å². The van der Waals surface area contributed by atoms with E-state index in [1.807, 2.05) is 0 Å². The van der Waals surface area contributed by atoms with Gasteiger partial charge < -0.3 is 4.55 Å². The summed E-state index contributed by atoms with van der Waals surface area (Å²) in [6.07, 6.45) is 43.9. The zero-order chi connectivity index (χ0) is 30.1. The Balaban J connectivity index is 0. The van der Waals surface area contributed by atoms with Gasteiger partial charge in [-0.25, -0.2) is 8.42 Å². The van der Waals surface area contributed by atoms with Crippen molar-refractivity contribution in [2.75, 3.05) is 6.61 Å². The molecule has 0 aliphatic carbocycles. The van der Waals surface area contributed by atoms with Crippen LogP contribution >= 0.6 is 0 Å². The second-order valence-corrected chi connectivity index (χ2v) is 13.7. The summed E-state index contributed by atoms with van der Waals surface area (Å²) in [5.74, 6) is 0.0170. The van der Waals surface area contributed by atoms with E-state index in [4.69, 9.17) is 0 Å². The first-order chi connectivity index (χ1) is 20.0. The Morgan fingerprint density at radius 3 is 1.17 bits per heavy atom. The van der Waals surface area contributed by atoms with Gasteiger partial charge in [0, 0.05) is 5.92 Å². The first-order valence-electron chi connectivity index (χ1n) is 18.3. The van der Waals surface area contributed by atoms with Gasteiger partial charge in [0.1, 0.15) is 0 Å². The Labute approximate surface area is 307 Å². The van der Waals surface area contributed by atoms with Crippen LogP contribution < -0.4 is 51.4 Å². The van der Waals surface area contributed by atoms with Crippen LogP contribution in [0.25, 0.3) is 0 Å². The minimum atomic E-state index is -4.62. The van der Waals surface area contributed by atoms with Crippen molar-refractivity contribution in [1.29, 1.82) is 0 Å². The van der Waals surface area contributed by atoms with Crippen LogP contribution in [0.4, 0.5) is 0 Å². The fraction of sp³-hybridized carbons (Fsp3) is 0.944. The molecule has 0 amide bonds. The fourth-order valence-corrected chi connectivity index (χ4v) is 6.09. The second kappa shape index (κ2) is 36.7. The minimum absolute atomic E-state index is 0. The Bertz CT molecular complexity index is 638. The molecule has 0 heterocycles. The Hall–Kier alpha value is 1.25. The molecule has 0 saturated carbocycles. The molecule has 0 rings (SSSR count). The monoisotopic (exact) mass is 638 g/mol. The van der Waals surface area contributed by atoms with Crippen LogP contribution in [0.5, 0.6) is 0 Å². The van der Waals surface area contributed by atoms with Crippen LogP contribution in [-0.2, 0) is 14.6 Å². The molecule has 0 aromatic carbocycles. The van der Waals surface area contributed by atoms with Gasteiger partial charge in [-0.3, -0.25) is 4.18 Å². The summed E-state index contributed by atoms with van der Waals surface area (Å²) in [6.45, 7) is 4.52. The second-order valence-electron chi connectivity index (χ2n) is 12.7. The maximum atomic E-state index is 10.9. The molecule has 4 nitrogen and oxygen atoms in total. The third-order valence-electron chi connectivity index (χ3n) is 8.49. The molecule has 1 unspecified atom stereocenters. The van der Waals surface area contributed by atoms with E-state index < -0.39 is 10.4 Å². The maximum absolute atomic E-state index is 10.9. The number of hydrogen-bond donors (Lipinski definition) is 0. The van der Waals surface area contributed by atoms with Crippen LogP contribution in [0, 0.1) is 5.92 Å². The van der Waals surface area contributed by atoms with Crippen molar-refractivity contribution in [2.24, 2.45) is 5.92 Å². The van der Waals surface area contributed by atoms with Gasteiger partial charge in [-0.15, -0.1) is 0 Å². The zero-order valence-corrected chi connectivity index (χ0v) is 32.6. The summed E-state index contributed by atoms with van der Waals surface area (Å²) >= 11 is 0. The molecule has 0 saturated heterocycles. The molecular weight excluding hydrogens is 568 g/mol. The van der Waals surface area contributed by atoms with Gasteiger partial charge in [0.2, 0.25) is 10.4 Å². The molecule has 0 aromatic rings. The van der Waals surface area contributed by atoms with E-state index in [1.165, 1.54) is 173 Å². The van der Waals surface area contributed by atoms with Crippen molar-refractivity contribution in [3.8, 4) is 0 Å². The van der Waals surface area contributed by atoms with Gasteiger partial charge in [0.25, 0.3) is 0 Å². The molecule has 1 atom stereocenters. The van der Waals surface area contributed by atoms with Gasteiger partial charge in [0.15, 0.2) is 0 Å². The maximum Gasteiger partial charge on any atom is 1.00 e. The molecule has 0 aromatic heterocycles. The zero-order valence-electron chi connectivity index (χ0n) is 28.7. The molecule has 0 aliphatic rings. The summed E-state index contributed by atoms with van der Waals surface area (Å²) in [5, 5.41) is 0. The first kappa shape index (κ1) is 45.4. The summed E-state index contributed by atoms with van der Waals surface area (Å²) in [6, 6.07) is 0. The van der Waals surface area contributed by atoms with Crippen LogP contribution in [-0.4, -0.2) is 19.6 Å². The van der Waals surface area contributed by atoms with E-state index in [1.54, 1.807) is 0 Å². The third kappa shape index (κ3) is 39.3. The number of allylic oxidation sites excluding steroid dienone is 1. The summed E-state index contributed by atoms with van der Waals surface area (Å²) < 4.78 is 37.4. The number of rotatable bonds is 34. The molecular formula is C36H71KO4S. The fourth-order valence-electron chi connectivity index (χ4n) is 5.75. The predicted octanol–water partition coefficient (Wildman–Crippen LogP) is 9.38. The third-order valence-corrected chi connectivity index (χ3v) is 8.91. The van der Waals surface area contributed by atoms with Crippen molar-refractivity contribution in [1.82, 2.24) is 0 Å². The molecule has 6 heteroatoms. The van der Waals surface area contributed by atoms with Gasteiger partial charge >= 0.3 is 51.4 Å². The van der Waals surface area contributed by atoms with E-state index in [9.17, 15) is 13.0 Å². The molecule has 0 fully saturated rings. The van der Waals surface area contributed by atoms with Crippen molar-refractivity contribution >= 4 is 10.4 Å². The van der Waals surface area contributed by atoms with E-state index in [-0.39, 0.29) is 63.9 Å². The summed E-state index contributed by atoms with van der Waals surface area (Å²) in [4.78, 5) is 0. The molecule has 0 radical (unpaired) electrons. The Morgan fingerprint density at radius 2 is 0.833 bits per heavy atom. The average Bonchev–Trinajstić information content (AvgIpc) is 2.94. The summed E-state index contributed by atoms with van der Waals surface area (Å²) in [7, 11) is -4.62. The van der Waals surface area contributed by atoms with Crippen molar-refractivity contribution in [3.63, 3.8) is 0 Å². The van der Waals surface area contributed by atoms with E-state index in [2.05, 4.69) is 30.2 Å². The first-order valence-corrected chi connectivity index (χ1v) is 19.6.